The van der Waals surface area contributed by atoms with Gasteiger partial charge in [0.25, 0.3) is 0 Å². The zero-order valence-corrected chi connectivity index (χ0v) is 50.9. The van der Waals surface area contributed by atoms with E-state index in [9.17, 15) is 19.2 Å². The first-order chi connectivity index (χ1) is 43.5. The second-order valence-electron chi connectivity index (χ2n) is 23.0. The van der Waals surface area contributed by atoms with Crippen LogP contribution in [-0.4, -0.2) is 23.6 Å². The van der Waals surface area contributed by atoms with Crippen LogP contribution in [0.4, 0.5) is 11.4 Å². The van der Waals surface area contributed by atoms with E-state index < -0.39 is 31.8 Å². The molecule has 12 aromatic rings. The molecule has 2 aliphatic heterocycles. The molecular formula is C79H60N2O6P2. The molecule has 14 rings (SSSR count). The minimum absolute atomic E-state index is 0.278. The predicted octanol–water partition coefficient (Wildman–Crippen LogP) is 13.9. The fourth-order valence-corrected chi connectivity index (χ4v) is 22.8. The van der Waals surface area contributed by atoms with E-state index in [4.69, 9.17) is 9.47 Å². The molecule has 0 N–H and O–H groups in total. The molecule has 89 heavy (non-hydrogen) atoms. The van der Waals surface area contributed by atoms with Crippen molar-refractivity contribution in [1.82, 2.24) is 0 Å². The van der Waals surface area contributed by atoms with Gasteiger partial charge in [-0.1, -0.05) is 13.8 Å². The third-order valence-corrected chi connectivity index (χ3v) is 27.2. The summed E-state index contributed by atoms with van der Waals surface area (Å²) in [6.45, 7) is 4.29. The van der Waals surface area contributed by atoms with E-state index in [2.05, 4.69) is 172 Å². The van der Waals surface area contributed by atoms with E-state index in [0.29, 0.717) is 45.5 Å². The Kier molecular flexibility index (Phi) is 14.7. The number of carbonyl (C=O) groups excluding carboxylic acids is 4. The van der Waals surface area contributed by atoms with Gasteiger partial charge in [-0.15, -0.1) is 0 Å². The molecule has 2 heterocycles. The molecule has 0 aromatic heterocycles. The van der Waals surface area contributed by atoms with Gasteiger partial charge in [0.2, 0.25) is 0 Å². The van der Waals surface area contributed by atoms with Gasteiger partial charge < -0.3 is 0 Å². The number of rotatable bonds is 16. The standard InChI is InChI=1S/C79H60N2O6P2/c1-79(2,55-39-43-59(44-40-55)86-61-47-49-71-73(53-61)77(84)80(75(71)82)57-23-21-37-69(51-57)88(63-25-9-3-10-26-63,64-27-11-4-12-28-64)65-29-13-5-14-30-65)56-41-45-60(46-42-56)87-62-48-50-72-74(54-62)78(85)81(76(72)83)58-24-22-38-70(52-58)89(66-31-15-6-16-32-66,67-33-17-7-18-34-67)68-35-19-8-20-36-68/h3-54,88-89H,1-2H3. The molecule has 0 unspecified atom stereocenters. The van der Waals surface area contributed by atoms with Crippen molar-refractivity contribution in [3.63, 3.8) is 0 Å². The maximum absolute atomic E-state index is 14.5. The number of carbonyl (C=O) groups is 4. The molecule has 432 valence electrons. The number of hydrogen-bond donors (Lipinski definition) is 0. The second kappa shape index (κ2) is 23.2. The monoisotopic (exact) mass is 1190 g/mol. The van der Waals surface area contributed by atoms with Crippen LogP contribution in [0.1, 0.15) is 66.4 Å². The Bertz CT molecular complexity index is 4160. The molecule has 4 amide bonds. The summed E-state index contributed by atoms with van der Waals surface area (Å²) in [6, 6.07) is 105. The molecule has 0 spiro atoms. The molecule has 0 fully saturated rings. The summed E-state index contributed by atoms with van der Waals surface area (Å²) in [7, 11) is -5.88. The van der Waals surface area contributed by atoms with Gasteiger partial charge in [0, 0.05) is 5.41 Å². The first-order valence-electron chi connectivity index (χ1n) is 29.7. The molecule has 2 aliphatic rings. The Labute approximate surface area is 518 Å². The zero-order chi connectivity index (χ0) is 60.7. The fraction of sp³-hybridized carbons (Fsp3) is 0.0380. The zero-order valence-electron chi connectivity index (χ0n) is 48.9. The fourth-order valence-electron chi connectivity index (χ4n) is 13.2. The molecule has 0 radical (unpaired) electrons. The number of nitrogens with zero attached hydrogens (tertiary/aromatic N) is 2. The summed E-state index contributed by atoms with van der Waals surface area (Å²) < 4.78 is 12.8. The predicted molar refractivity (Wildman–Crippen MR) is 366 cm³/mol. The van der Waals surface area contributed by atoms with Crippen LogP contribution in [0.2, 0.25) is 0 Å². The topological polar surface area (TPSA) is 93.2 Å². The summed E-state index contributed by atoms with van der Waals surface area (Å²) in [5.41, 5.74) is 3.85. The molecular weight excluding hydrogens is 1130 g/mol. The van der Waals surface area contributed by atoms with Crippen molar-refractivity contribution in [3.8, 4) is 23.0 Å². The van der Waals surface area contributed by atoms with Gasteiger partial charge >= 0.3 is 491 Å². The van der Waals surface area contributed by atoms with Crippen LogP contribution < -0.4 is 61.7 Å². The first kappa shape index (κ1) is 56.2. The third-order valence-electron chi connectivity index (χ3n) is 17.7. The van der Waals surface area contributed by atoms with Gasteiger partial charge in [0.15, 0.2) is 0 Å². The molecule has 0 bridgehead atoms. The maximum atomic E-state index is 14.5. The normalized spacial score (nSPS) is 13.5. The summed E-state index contributed by atoms with van der Waals surface area (Å²) in [4.78, 5) is 60.1. The van der Waals surface area contributed by atoms with Gasteiger partial charge in [-0.25, -0.2) is 0 Å². The van der Waals surface area contributed by atoms with Gasteiger partial charge in [-0.3, -0.25) is 0 Å². The van der Waals surface area contributed by atoms with E-state index in [1.807, 2.05) is 121 Å². The van der Waals surface area contributed by atoms with Crippen molar-refractivity contribution in [3.05, 3.63) is 349 Å². The molecule has 8 nitrogen and oxygen atoms in total. The van der Waals surface area contributed by atoms with Gasteiger partial charge in [-0.05, 0) is 11.1 Å². The van der Waals surface area contributed by atoms with Crippen molar-refractivity contribution in [2.75, 3.05) is 9.80 Å². The molecule has 0 saturated heterocycles. The molecule has 10 heteroatoms. The van der Waals surface area contributed by atoms with Crippen molar-refractivity contribution in [2.24, 2.45) is 0 Å². The second-order valence-corrected chi connectivity index (χ2v) is 30.6. The molecule has 0 saturated carbocycles. The molecule has 0 aliphatic carbocycles. The Hall–Kier alpha value is -10.6. The molecule has 12 aromatic carbocycles. The Balaban J connectivity index is 0.665. The number of ether oxygens (including phenoxy) is 2. The van der Waals surface area contributed by atoms with E-state index in [0.717, 1.165) is 21.7 Å². The van der Waals surface area contributed by atoms with Crippen LogP contribution in [-0.2, 0) is 5.41 Å². The Morgan fingerprint density at radius 2 is 0.517 bits per heavy atom. The minimum atomic E-state index is -2.94. The van der Waals surface area contributed by atoms with E-state index in [1.165, 1.54) is 41.6 Å². The summed E-state index contributed by atoms with van der Waals surface area (Å²) >= 11 is 0. The number of fused-ring (bicyclic) bond motifs is 2. The van der Waals surface area contributed by atoms with Gasteiger partial charge in [0.05, 0.1) is 0 Å². The van der Waals surface area contributed by atoms with Crippen molar-refractivity contribution in [1.29, 1.82) is 0 Å². The quantitative estimate of drug-likeness (QED) is 0.0707. The number of amides is 4. The summed E-state index contributed by atoms with van der Waals surface area (Å²) in [5, 5.41) is 9.22. The van der Waals surface area contributed by atoms with Crippen LogP contribution in [0.3, 0.4) is 0 Å². The summed E-state index contributed by atoms with van der Waals surface area (Å²) in [6.07, 6.45) is 0. The average molecular weight is 1200 g/mol. The van der Waals surface area contributed by atoms with Gasteiger partial charge in [0.1, 0.15) is 0 Å². The number of imide groups is 2. The third kappa shape index (κ3) is 9.84. The van der Waals surface area contributed by atoms with Crippen molar-refractivity contribution >= 4 is 92.0 Å². The molecule has 0 atom stereocenters. The van der Waals surface area contributed by atoms with E-state index >= 15 is 0 Å². The van der Waals surface area contributed by atoms with Crippen LogP contribution in [0.15, 0.2) is 315 Å². The van der Waals surface area contributed by atoms with Crippen LogP contribution in [0.25, 0.3) is 0 Å². The number of hydrogen-bond acceptors (Lipinski definition) is 6. The number of benzene rings is 12. The van der Waals surface area contributed by atoms with Crippen LogP contribution >= 0.6 is 14.5 Å². The SMILES string of the molecule is CC(C)(c1ccc(Oc2ccc3c(c2)C(=O)N(c2cccc([PH](c4ccccc4)(c4ccccc4)c4ccccc4)c2)C3=O)cc1)c1ccc(Oc2ccc3c(c2)C(=O)N(c2cccc([PH](c4ccccc4)(c4ccccc4)c4ccccc4)c2)C3=O)cc1. The summed E-state index contributed by atoms with van der Waals surface area (Å²) in [5.74, 6) is 0.421. The van der Waals surface area contributed by atoms with Crippen LogP contribution in [0.5, 0.6) is 23.0 Å². The Morgan fingerprint density at radius 1 is 0.258 bits per heavy atom. The average Bonchev–Trinajstić information content (AvgIpc) is 1.53. The van der Waals surface area contributed by atoms with Crippen molar-refractivity contribution in [2.45, 2.75) is 19.3 Å². The Morgan fingerprint density at radius 3 is 0.809 bits per heavy atom. The van der Waals surface area contributed by atoms with Crippen molar-refractivity contribution < 1.29 is 28.7 Å². The van der Waals surface area contributed by atoms with Gasteiger partial charge in [-0.2, -0.15) is 0 Å². The first-order valence-corrected chi connectivity index (χ1v) is 33.7. The van der Waals surface area contributed by atoms with E-state index in [-0.39, 0.29) is 22.9 Å². The van der Waals surface area contributed by atoms with Crippen LogP contribution in [0, 0.1) is 0 Å². The van der Waals surface area contributed by atoms with E-state index in [1.54, 1.807) is 36.4 Å². The number of anilines is 2.